The van der Waals surface area contributed by atoms with E-state index in [0.29, 0.717) is 12.2 Å². The van der Waals surface area contributed by atoms with Gasteiger partial charge in [-0.1, -0.05) is 18.2 Å². The first-order valence-corrected chi connectivity index (χ1v) is 7.42. The molecule has 0 bridgehead atoms. The van der Waals surface area contributed by atoms with Gasteiger partial charge < -0.3 is 14.4 Å². The lowest BCUT2D eigenvalue weighted by atomic mass is 9.70. The molecular formula is C18H19NO4. The fourth-order valence-corrected chi connectivity index (χ4v) is 3.63. The maximum absolute atomic E-state index is 12.8. The summed E-state index contributed by atoms with van der Waals surface area (Å²) in [5.74, 6) is 0.267. The zero-order chi connectivity index (χ0) is 16.8. The monoisotopic (exact) mass is 313 g/mol. The summed E-state index contributed by atoms with van der Waals surface area (Å²) in [7, 11) is 1.59. The lowest BCUT2D eigenvalue weighted by molar-refractivity contribution is -0.151. The van der Waals surface area contributed by atoms with Crippen LogP contribution in [0.4, 0.5) is 5.69 Å². The molecule has 23 heavy (non-hydrogen) atoms. The topological polar surface area (TPSA) is 55.8 Å². The van der Waals surface area contributed by atoms with Crippen LogP contribution in [0, 0.1) is 5.41 Å². The molecule has 1 aliphatic heterocycles. The third-order valence-electron chi connectivity index (χ3n) is 4.69. The van der Waals surface area contributed by atoms with Gasteiger partial charge in [0.15, 0.2) is 0 Å². The first-order chi connectivity index (χ1) is 11.0. The second kappa shape index (κ2) is 5.26. The van der Waals surface area contributed by atoms with Crippen molar-refractivity contribution in [2.24, 2.45) is 5.41 Å². The van der Waals surface area contributed by atoms with E-state index >= 15 is 0 Å². The molecule has 0 radical (unpaired) electrons. The van der Waals surface area contributed by atoms with Gasteiger partial charge in [-0.25, -0.2) is 0 Å². The molecule has 0 N–H and O–H groups in total. The van der Waals surface area contributed by atoms with Crippen LogP contribution in [0.15, 0.2) is 49.1 Å². The van der Waals surface area contributed by atoms with Crippen molar-refractivity contribution in [3.63, 3.8) is 0 Å². The SMILES string of the molecule is C=C[C@@]12C(=C)C[C@@H](OC(C)=O)[C@@H]1N(c1ccc(OC)cc1)C2=O. The standard InChI is InChI=1S/C18H19NO4/c1-5-18-11(2)10-15(23-12(3)20)16(18)19(17(18)21)13-6-8-14(22-4)9-7-13/h5-9,15-16H,1-2,10H2,3-4H3/t15-,16+,18-/m1/s1. The number of esters is 1. The number of ether oxygens (including phenoxy) is 2. The number of fused-ring (bicyclic) bond motifs is 1. The number of carbonyl (C=O) groups excluding carboxylic acids is 2. The molecule has 0 spiro atoms. The summed E-state index contributed by atoms with van der Waals surface area (Å²) in [6.07, 6.45) is 1.69. The van der Waals surface area contributed by atoms with Crippen LogP contribution >= 0.6 is 0 Å². The van der Waals surface area contributed by atoms with Gasteiger partial charge in [-0.05, 0) is 24.3 Å². The van der Waals surface area contributed by atoms with Crippen molar-refractivity contribution in [2.75, 3.05) is 12.0 Å². The summed E-state index contributed by atoms with van der Waals surface area (Å²) in [6.45, 7) is 9.20. The zero-order valence-electron chi connectivity index (χ0n) is 13.2. The Labute approximate surface area is 135 Å². The van der Waals surface area contributed by atoms with E-state index in [2.05, 4.69) is 13.2 Å². The van der Waals surface area contributed by atoms with Crippen molar-refractivity contribution in [3.8, 4) is 5.75 Å². The largest absolute Gasteiger partial charge is 0.497 e. The molecule has 5 heteroatoms. The summed E-state index contributed by atoms with van der Waals surface area (Å²) in [5.41, 5.74) is 0.656. The number of carbonyl (C=O) groups is 2. The number of hydrogen-bond acceptors (Lipinski definition) is 4. The van der Waals surface area contributed by atoms with Gasteiger partial charge in [0, 0.05) is 19.0 Å². The number of hydrogen-bond donors (Lipinski definition) is 0. The molecule has 5 nitrogen and oxygen atoms in total. The molecule has 3 rings (SSSR count). The van der Waals surface area contributed by atoms with Crippen LogP contribution in [0.5, 0.6) is 5.75 Å². The van der Waals surface area contributed by atoms with Gasteiger partial charge >= 0.3 is 5.97 Å². The lowest BCUT2D eigenvalue weighted by Crippen LogP contribution is -2.69. The summed E-state index contributed by atoms with van der Waals surface area (Å²) < 4.78 is 10.6. The molecule has 1 heterocycles. The second-order valence-corrected chi connectivity index (χ2v) is 5.85. The smallest absolute Gasteiger partial charge is 0.302 e. The molecule has 1 saturated carbocycles. The zero-order valence-corrected chi connectivity index (χ0v) is 13.2. The average molecular weight is 313 g/mol. The summed E-state index contributed by atoms with van der Waals surface area (Å²) in [5, 5.41) is 0. The number of rotatable bonds is 4. The highest BCUT2D eigenvalue weighted by Crippen LogP contribution is 2.56. The van der Waals surface area contributed by atoms with Crippen molar-refractivity contribution in [1.29, 1.82) is 0 Å². The van der Waals surface area contributed by atoms with Gasteiger partial charge in [0.05, 0.1) is 13.2 Å². The second-order valence-electron chi connectivity index (χ2n) is 5.85. The van der Waals surface area contributed by atoms with Crippen LogP contribution in [0.2, 0.25) is 0 Å². The molecule has 1 saturated heterocycles. The van der Waals surface area contributed by atoms with Crippen LogP contribution in [0.1, 0.15) is 13.3 Å². The van der Waals surface area contributed by atoms with E-state index in [1.807, 2.05) is 12.1 Å². The average Bonchev–Trinajstić information content (AvgIpc) is 2.75. The minimum absolute atomic E-state index is 0.0812. The Bertz CT molecular complexity index is 693. The number of β-lactam (4-membered cyclic amide) rings is 1. The maximum atomic E-state index is 12.8. The molecule has 1 amide bonds. The van der Waals surface area contributed by atoms with E-state index in [9.17, 15) is 9.59 Å². The highest BCUT2D eigenvalue weighted by Gasteiger charge is 2.68. The number of nitrogens with zero attached hydrogens (tertiary/aromatic N) is 1. The van der Waals surface area contributed by atoms with E-state index in [1.165, 1.54) is 6.92 Å². The van der Waals surface area contributed by atoms with Gasteiger partial charge in [-0.3, -0.25) is 9.59 Å². The van der Waals surface area contributed by atoms with Gasteiger partial charge in [-0.15, -0.1) is 6.58 Å². The van der Waals surface area contributed by atoms with Crippen LogP contribution in [-0.4, -0.2) is 31.1 Å². The van der Waals surface area contributed by atoms with E-state index < -0.39 is 11.5 Å². The lowest BCUT2D eigenvalue weighted by Gasteiger charge is -2.52. The minimum Gasteiger partial charge on any atom is -0.497 e. The van der Waals surface area contributed by atoms with Crippen LogP contribution in [0.3, 0.4) is 0 Å². The third-order valence-corrected chi connectivity index (χ3v) is 4.69. The Hall–Kier alpha value is -2.56. The van der Waals surface area contributed by atoms with Crippen LogP contribution in [0.25, 0.3) is 0 Å². The third kappa shape index (κ3) is 2.00. The van der Waals surface area contributed by atoms with E-state index in [4.69, 9.17) is 9.47 Å². The number of anilines is 1. The van der Waals surface area contributed by atoms with Gasteiger partial charge in [0.1, 0.15) is 17.3 Å². The Morgan fingerprint density at radius 3 is 2.57 bits per heavy atom. The molecule has 2 aliphatic rings. The van der Waals surface area contributed by atoms with E-state index in [0.717, 1.165) is 11.3 Å². The van der Waals surface area contributed by atoms with Gasteiger partial charge in [0.25, 0.3) is 0 Å². The first kappa shape index (κ1) is 15.3. The predicted molar refractivity (Wildman–Crippen MR) is 86.2 cm³/mol. The predicted octanol–water partition coefficient (Wildman–Crippen LogP) is 2.47. The molecule has 1 aromatic carbocycles. The molecular weight excluding hydrogens is 294 g/mol. The number of benzene rings is 1. The van der Waals surface area contributed by atoms with Crippen molar-refractivity contribution in [2.45, 2.75) is 25.5 Å². The van der Waals surface area contributed by atoms with Crippen molar-refractivity contribution < 1.29 is 19.1 Å². The van der Waals surface area contributed by atoms with Crippen LogP contribution in [-0.2, 0) is 14.3 Å². The van der Waals surface area contributed by atoms with Crippen LogP contribution < -0.4 is 9.64 Å². The molecule has 120 valence electrons. The molecule has 1 aromatic rings. The van der Waals surface area contributed by atoms with Crippen molar-refractivity contribution in [3.05, 3.63) is 49.1 Å². The fourth-order valence-electron chi connectivity index (χ4n) is 3.63. The van der Waals surface area contributed by atoms with E-state index in [1.54, 1.807) is 30.2 Å². The Kier molecular flexibility index (Phi) is 3.51. The summed E-state index contributed by atoms with van der Waals surface area (Å²) in [6, 6.07) is 6.92. The molecule has 1 aliphatic carbocycles. The molecule has 0 aromatic heterocycles. The summed E-state index contributed by atoms with van der Waals surface area (Å²) in [4.78, 5) is 25.9. The highest BCUT2D eigenvalue weighted by molar-refractivity contribution is 6.10. The Morgan fingerprint density at radius 2 is 2.04 bits per heavy atom. The van der Waals surface area contributed by atoms with E-state index in [-0.39, 0.29) is 17.9 Å². The number of methoxy groups -OCH3 is 1. The number of amides is 1. The van der Waals surface area contributed by atoms with Gasteiger partial charge in [-0.2, -0.15) is 0 Å². The quantitative estimate of drug-likeness (QED) is 0.487. The molecule has 0 unspecified atom stereocenters. The first-order valence-electron chi connectivity index (χ1n) is 7.42. The minimum atomic E-state index is -0.833. The summed E-state index contributed by atoms with van der Waals surface area (Å²) >= 11 is 0. The Morgan fingerprint density at radius 1 is 1.39 bits per heavy atom. The maximum Gasteiger partial charge on any atom is 0.302 e. The van der Waals surface area contributed by atoms with Gasteiger partial charge in [0.2, 0.25) is 5.91 Å². The molecule has 3 atom stereocenters. The van der Waals surface area contributed by atoms with Crippen molar-refractivity contribution >= 4 is 17.6 Å². The highest BCUT2D eigenvalue weighted by atomic mass is 16.5. The Balaban J connectivity index is 1.98. The molecule has 2 fully saturated rings. The van der Waals surface area contributed by atoms with Crippen molar-refractivity contribution in [1.82, 2.24) is 0 Å². The fraction of sp³-hybridized carbons (Fsp3) is 0.333. The normalized spacial score (nSPS) is 28.9.